The number of sulfonamides is 1. The van der Waals surface area contributed by atoms with Crippen molar-refractivity contribution in [2.75, 3.05) is 0 Å². The summed E-state index contributed by atoms with van der Waals surface area (Å²) in [5.74, 6) is 0. The van der Waals surface area contributed by atoms with Gasteiger partial charge in [-0.15, -0.1) is 0 Å². The Morgan fingerprint density at radius 3 is 2.27 bits per heavy atom. The molecule has 111 valence electrons. The number of nitro groups is 1. The fourth-order valence-corrected chi connectivity index (χ4v) is 2.15. The van der Waals surface area contributed by atoms with Gasteiger partial charge in [-0.3, -0.25) is 10.1 Å². The zero-order valence-corrected chi connectivity index (χ0v) is 12.1. The van der Waals surface area contributed by atoms with E-state index < -0.39 is 14.9 Å². The lowest BCUT2D eigenvalue weighted by Crippen LogP contribution is -1.91. The highest BCUT2D eigenvalue weighted by molar-refractivity contribution is 7.93. The Balaban J connectivity index is 2.11. The molecule has 0 heterocycles. The van der Waals surface area contributed by atoms with Crippen LogP contribution in [0.5, 0.6) is 0 Å². The van der Waals surface area contributed by atoms with Crippen molar-refractivity contribution in [3.05, 3.63) is 81.2 Å². The average molecular weight is 315 g/mol. The van der Waals surface area contributed by atoms with Gasteiger partial charge in [-0.2, -0.15) is 12.8 Å². The van der Waals surface area contributed by atoms with E-state index >= 15 is 0 Å². The zero-order valence-electron chi connectivity index (χ0n) is 11.3. The molecule has 0 aliphatic heterocycles. The summed E-state index contributed by atoms with van der Waals surface area (Å²) in [5.41, 5.74) is 1.01. The van der Waals surface area contributed by atoms with E-state index in [9.17, 15) is 18.5 Å². The quantitative estimate of drug-likeness (QED) is 0.482. The first-order chi connectivity index (χ1) is 10.5. The number of non-ortho nitro benzene ring substituents is 1. The number of hydrogen-bond donors (Lipinski definition) is 0. The van der Waals surface area contributed by atoms with Crippen LogP contribution >= 0.6 is 0 Å². The van der Waals surface area contributed by atoms with E-state index in [1.807, 2.05) is 0 Å². The third kappa shape index (κ3) is 4.64. The first-order valence-corrected chi connectivity index (χ1v) is 7.67. The van der Waals surface area contributed by atoms with Crippen molar-refractivity contribution in [1.82, 2.24) is 0 Å². The van der Waals surface area contributed by atoms with Gasteiger partial charge in [0.2, 0.25) is 0 Å². The van der Waals surface area contributed by atoms with Gasteiger partial charge in [0.1, 0.15) is 6.21 Å². The van der Waals surface area contributed by atoms with Gasteiger partial charge in [0, 0.05) is 17.7 Å². The summed E-state index contributed by atoms with van der Waals surface area (Å²) in [6, 6.07) is 14.2. The highest BCUT2D eigenvalue weighted by atomic mass is 32.2. The van der Waals surface area contributed by atoms with Crippen LogP contribution in [0.25, 0.3) is 6.08 Å². The van der Waals surface area contributed by atoms with Crippen molar-refractivity contribution in [3.8, 4) is 0 Å². The van der Waals surface area contributed by atoms with Crippen LogP contribution in [0.1, 0.15) is 11.1 Å². The summed E-state index contributed by atoms with van der Waals surface area (Å²) in [5, 5.41) is 11.4. The third-order valence-corrected chi connectivity index (χ3v) is 3.44. The maximum atomic E-state index is 11.7. The molecule has 0 fully saturated rings. The lowest BCUT2D eigenvalue weighted by atomic mass is 10.2. The second kappa shape index (κ2) is 6.77. The van der Waals surface area contributed by atoms with Gasteiger partial charge in [0.25, 0.3) is 15.7 Å². The topological polar surface area (TPSA) is 89.6 Å². The minimum absolute atomic E-state index is 0.0598. The van der Waals surface area contributed by atoms with Gasteiger partial charge in [-0.25, -0.2) is 0 Å². The summed E-state index contributed by atoms with van der Waals surface area (Å²) in [7, 11) is -3.80. The molecule has 0 unspecified atom stereocenters. The Labute approximate surface area is 127 Å². The normalized spacial score (nSPS) is 12.0. The summed E-state index contributed by atoms with van der Waals surface area (Å²) in [6.45, 7) is 0. The van der Waals surface area contributed by atoms with Crippen LogP contribution in [0.4, 0.5) is 5.69 Å². The standard InChI is InChI=1S/C15H11N2O4S/c18-17(19)15-8-6-13(7-9-15)10-11-22(20,21)16-12-14-4-2-1-3-5-14/h1-11H/b11-10+,16-12?. The molecular formula is C15H11N2O4S. The summed E-state index contributed by atoms with van der Waals surface area (Å²) in [6.07, 6.45) is 3.76. The highest BCUT2D eigenvalue weighted by Gasteiger charge is 2.04. The molecule has 2 aromatic carbocycles. The minimum atomic E-state index is -3.80. The van der Waals surface area contributed by atoms with Gasteiger partial charge in [-0.1, -0.05) is 30.3 Å². The van der Waals surface area contributed by atoms with E-state index in [-0.39, 0.29) is 5.69 Å². The first kappa shape index (κ1) is 15.6. The molecule has 7 heteroatoms. The molecule has 0 spiro atoms. The third-order valence-electron chi connectivity index (χ3n) is 2.61. The molecule has 6 nitrogen and oxygen atoms in total. The monoisotopic (exact) mass is 315 g/mol. The van der Waals surface area contributed by atoms with Crippen LogP contribution in [-0.2, 0) is 10.0 Å². The Kier molecular flexibility index (Phi) is 4.80. The number of nitrogens with zero attached hydrogens (tertiary/aromatic N) is 2. The van der Waals surface area contributed by atoms with Crippen molar-refractivity contribution >= 4 is 28.0 Å². The van der Waals surface area contributed by atoms with Crippen LogP contribution in [0.15, 0.2) is 64.4 Å². The van der Waals surface area contributed by atoms with Crippen molar-refractivity contribution in [2.45, 2.75) is 0 Å². The van der Waals surface area contributed by atoms with Crippen LogP contribution in [0.2, 0.25) is 0 Å². The molecular weight excluding hydrogens is 304 g/mol. The van der Waals surface area contributed by atoms with Crippen molar-refractivity contribution in [1.29, 1.82) is 0 Å². The minimum Gasteiger partial charge on any atom is -0.258 e. The zero-order chi connectivity index (χ0) is 16.0. The summed E-state index contributed by atoms with van der Waals surface area (Å²) in [4.78, 5) is 9.99. The molecule has 2 rings (SSSR count). The SMILES string of the molecule is O=[N+]([O-])c1ccc(/C=C/S(=O)(=O)/N=[C]/c2ccccc2)cc1. The largest absolute Gasteiger partial charge is 0.276 e. The van der Waals surface area contributed by atoms with E-state index in [0.29, 0.717) is 11.1 Å². The Morgan fingerprint density at radius 1 is 1.05 bits per heavy atom. The van der Waals surface area contributed by atoms with Gasteiger partial charge in [0.15, 0.2) is 0 Å². The molecule has 0 aliphatic rings. The molecule has 22 heavy (non-hydrogen) atoms. The highest BCUT2D eigenvalue weighted by Crippen LogP contribution is 2.13. The molecule has 0 amide bonds. The van der Waals surface area contributed by atoms with E-state index in [1.165, 1.54) is 30.3 Å². The summed E-state index contributed by atoms with van der Waals surface area (Å²) < 4.78 is 26.9. The van der Waals surface area contributed by atoms with Crippen LogP contribution < -0.4 is 0 Å². The fraction of sp³-hybridized carbons (Fsp3) is 0. The second-order valence-electron chi connectivity index (χ2n) is 4.24. The lowest BCUT2D eigenvalue weighted by Gasteiger charge is -1.94. The van der Waals surface area contributed by atoms with Gasteiger partial charge in [-0.05, 0) is 23.8 Å². The maximum absolute atomic E-state index is 11.7. The molecule has 0 aliphatic carbocycles. The van der Waals surface area contributed by atoms with Crippen LogP contribution in [-0.4, -0.2) is 19.6 Å². The van der Waals surface area contributed by atoms with Crippen molar-refractivity contribution < 1.29 is 13.3 Å². The molecule has 0 bridgehead atoms. The Morgan fingerprint density at radius 2 is 1.68 bits per heavy atom. The van der Waals surface area contributed by atoms with Gasteiger partial charge in [0.05, 0.1) is 10.3 Å². The fourth-order valence-electron chi connectivity index (χ4n) is 1.53. The molecule has 0 aromatic heterocycles. The number of benzene rings is 2. The van der Waals surface area contributed by atoms with E-state index in [0.717, 1.165) is 5.41 Å². The second-order valence-corrected chi connectivity index (χ2v) is 5.72. The summed E-state index contributed by atoms with van der Waals surface area (Å²) >= 11 is 0. The van der Waals surface area contributed by atoms with Gasteiger partial charge < -0.3 is 0 Å². The number of hydrogen-bond acceptors (Lipinski definition) is 4. The predicted octanol–water partition coefficient (Wildman–Crippen LogP) is 2.89. The maximum Gasteiger partial charge on any atom is 0.276 e. The van der Waals surface area contributed by atoms with Gasteiger partial charge >= 0.3 is 0 Å². The van der Waals surface area contributed by atoms with Crippen LogP contribution in [0.3, 0.4) is 0 Å². The van der Waals surface area contributed by atoms with Crippen molar-refractivity contribution in [3.63, 3.8) is 0 Å². The van der Waals surface area contributed by atoms with E-state index in [4.69, 9.17) is 0 Å². The Hall–Kier alpha value is -2.80. The van der Waals surface area contributed by atoms with Crippen LogP contribution in [0, 0.1) is 10.1 Å². The number of nitro benzene ring substituents is 1. The average Bonchev–Trinajstić information content (AvgIpc) is 2.53. The number of rotatable bonds is 5. The van der Waals surface area contributed by atoms with Crippen molar-refractivity contribution in [2.24, 2.45) is 4.40 Å². The molecule has 0 saturated carbocycles. The lowest BCUT2D eigenvalue weighted by molar-refractivity contribution is -0.384. The van der Waals surface area contributed by atoms with E-state index in [2.05, 4.69) is 10.6 Å². The van der Waals surface area contributed by atoms with E-state index in [1.54, 1.807) is 30.3 Å². The smallest absolute Gasteiger partial charge is 0.258 e. The predicted molar refractivity (Wildman–Crippen MR) is 84.0 cm³/mol. The molecule has 1 radical (unpaired) electrons. The molecule has 2 aromatic rings. The Bertz CT molecular complexity index is 810. The molecule has 0 saturated heterocycles. The first-order valence-electron chi connectivity index (χ1n) is 6.17. The molecule has 0 atom stereocenters. The molecule has 0 N–H and O–H groups in total.